The molecule has 1 heterocycles. The van der Waals surface area contributed by atoms with Gasteiger partial charge < -0.3 is 5.73 Å². The number of benzene rings is 1. The first-order valence-corrected chi connectivity index (χ1v) is 10.9. The fourth-order valence-corrected chi connectivity index (χ4v) is 7.51. The van der Waals surface area contributed by atoms with Crippen LogP contribution in [0.25, 0.3) is 0 Å². The average molecular weight is 371 g/mol. The van der Waals surface area contributed by atoms with Crippen molar-refractivity contribution in [3.8, 4) is 0 Å². The summed E-state index contributed by atoms with van der Waals surface area (Å²) in [7, 11) is -7.51. The van der Waals surface area contributed by atoms with E-state index in [1.54, 1.807) is 0 Å². The molecule has 1 aliphatic rings. The number of halogens is 1. The summed E-state index contributed by atoms with van der Waals surface area (Å²) in [5, 5.41) is -0.753. The second kappa shape index (κ2) is 5.96. The average Bonchev–Trinajstić information content (AvgIpc) is 2.37. The van der Waals surface area contributed by atoms with E-state index in [2.05, 4.69) is 0 Å². The van der Waals surface area contributed by atoms with E-state index >= 15 is 0 Å². The van der Waals surface area contributed by atoms with E-state index in [1.807, 2.05) is 0 Å². The highest BCUT2D eigenvalue weighted by atomic mass is 35.5. The zero-order chi connectivity index (χ0) is 15.8. The van der Waals surface area contributed by atoms with Crippen LogP contribution in [0.1, 0.15) is 0 Å². The van der Waals surface area contributed by atoms with E-state index in [1.165, 1.54) is 30.0 Å². The number of hydrogen-bond acceptors (Lipinski definition) is 6. The standard InChI is InChI=1S/C11H15ClN2O4S3/c1-20(15,16)11-7-19-5-4-14(11)21(17,18)10-3-2-8(12)6-9(10)13/h2-3,6,11H,4-5,7,13H2,1H3. The Hall–Kier alpha value is -0.480. The topological polar surface area (TPSA) is 97.5 Å². The highest BCUT2D eigenvalue weighted by Crippen LogP contribution is 2.30. The molecule has 2 N–H and O–H groups in total. The van der Waals surface area contributed by atoms with Gasteiger partial charge in [0.2, 0.25) is 10.0 Å². The minimum Gasteiger partial charge on any atom is -0.398 e. The van der Waals surface area contributed by atoms with Gasteiger partial charge in [-0.3, -0.25) is 0 Å². The summed E-state index contributed by atoms with van der Waals surface area (Å²) in [6.45, 7) is 0.132. The van der Waals surface area contributed by atoms with Crippen molar-refractivity contribution in [1.82, 2.24) is 4.31 Å². The van der Waals surface area contributed by atoms with Gasteiger partial charge in [0.05, 0.1) is 5.69 Å². The predicted octanol–water partition coefficient (Wildman–Crippen LogP) is 1.03. The molecule has 0 aliphatic carbocycles. The van der Waals surface area contributed by atoms with E-state index in [-0.39, 0.29) is 22.9 Å². The molecule has 1 atom stereocenters. The van der Waals surface area contributed by atoms with Crippen molar-refractivity contribution in [2.45, 2.75) is 10.3 Å². The molecule has 10 heteroatoms. The fourth-order valence-electron chi connectivity index (χ4n) is 2.06. The van der Waals surface area contributed by atoms with Crippen molar-refractivity contribution in [3.63, 3.8) is 0 Å². The van der Waals surface area contributed by atoms with Gasteiger partial charge in [-0.05, 0) is 18.2 Å². The third kappa shape index (κ3) is 3.48. The van der Waals surface area contributed by atoms with Crippen LogP contribution in [0.3, 0.4) is 0 Å². The minimum absolute atomic E-state index is 0.00739. The monoisotopic (exact) mass is 370 g/mol. The van der Waals surface area contributed by atoms with E-state index < -0.39 is 25.2 Å². The Morgan fingerprint density at radius 1 is 1.33 bits per heavy atom. The largest absolute Gasteiger partial charge is 0.398 e. The number of nitrogens with two attached hydrogens (primary N) is 1. The van der Waals surface area contributed by atoms with Gasteiger partial charge in [0, 0.05) is 29.3 Å². The molecule has 0 spiro atoms. The number of hydrogen-bond donors (Lipinski definition) is 1. The number of nitrogen functional groups attached to an aromatic ring is 1. The zero-order valence-electron chi connectivity index (χ0n) is 11.2. The first kappa shape index (κ1) is 16.9. The Labute approximate surface area is 133 Å². The molecule has 1 aliphatic heterocycles. The molecule has 0 radical (unpaired) electrons. The van der Waals surface area contributed by atoms with Crippen LogP contribution < -0.4 is 5.73 Å². The normalized spacial score (nSPS) is 21.3. The van der Waals surface area contributed by atoms with E-state index in [4.69, 9.17) is 17.3 Å². The lowest BCUT2D eigenvalue weighted by Gasteiger charge is -2.33. The smallest absolute Gasteiger partial charge is 0.246 e. The minimum atomic E-state index is -3.98. The van der Waals surface area contributed by atoms with Gasteiger partial charge in [-0.1, -0.05) is 11.6 Å². The van der Waals surface area contributed by atoms with E-state index in [0.717, 1.165) is 10.6 Å². The maximum absolute atomic E-state index is 12.7. The van der Waals surface area contributed by atoms with Crippen LogP contribution in [-0.4, -0.2) is 50.8 Å². The molecule has 118 valence electrons. The van der Waals surface area contributed by atoms with Gasteiger partial charge in [-0.25, -0.2) is 16.8 Å². The molecule has 0 saturated carbocycles. The molecule has 6 nitrogen and oxygen atoms in total. The number of rotatable bonds is 3. The summed E-state index contributed by atoms with van der Waals surface area (Å²) < 4.78 is 50.1. The molecule has 1 unspecified atom stereocenters. The summed E-state index contributed by atoms with van der Waals surface area (Å²) in [6, 6.07) is 4.05. The van der Waals surface area contributed by atoms with Crippen LogP contribution in [0.5, 0.6) is 0 Å². The quantitative estimate of drug-likeness (QED) is 0.798. The predicted molar refractivity (Wildman–Crippen MR) is 85.7 cm³/mol. The highest BCUT2D eigenvalue weighted by molar-refractivity contribution is 8.01. The van der Waals surface area contributed by atoms with E-state index in [9.17, 15) is 16.8 Å². The summed E-state index contributed by atoms with van der Waals surface area (Å²) in [5.74, 6) is 0.754. The number of sulfonamides is 1. The molecule has 1 aromatic rings. The Morgan fingerprint density at radius 3 is 2.57 bits per heavy atom. The van der Waals surface area contributed by atoms with Crippen molar-refractivity contribution in [1.29, 1.82) is 0 Å². The summed E-state index contributed by atoms with van der Waals surface area (Å²) in [5.41, 5.74) is 5.73. The van der Waals surface area contributed by atoms with Gasteiger partial charge in [0.15, 0.2) is 9.84 Å². The van der Waals surface area contributed by atoms with Crippen LogP contribution >= 0.6 is 23.4 Å². The van der Waals surface area contributed by atoms with Crippen molar-refractivity contribution in [2.24, 2.45) is 0 Å². The lowest BCUT2D eigenvalue weighted by molar-refractivity contribution is 0.405. The second-order valence-corrected chi connectivity index (χ2v) is 10.3. The summed E-state index contributed by atoms with van der Waals surface area (Å²) >= 11 is 7.18. The van der Waals surface area contributed by atoms with Gasteiger partial charge in [-0.15, -0.1) is 0 Å². The molecular formula is C11H15ClN2O4S3. The number of anilines is 1. The third-order valence-corrected chi connectivity index (χ3v) is 8.08. The second-order valence-electron chi connectivity index (χ2n) is 4.66. The molecule has 0 amide bonds. The Bertz CT molecular complexity index is 749. The summed E-state index contributed by atoms with van der Waals surface area (Å²) in [4.78, 5) is -0.118. The van der Waals surface area contributed by atoms with Crippen molar-refractivity contribution >= 4 is 48.9 Å². The van der Waals surface area contributed by atoms with Gasteiger partial charge in [-0.2, -0.15) is 16.1 Å². The molecule has 0 bridgehead atoms. The van der Waals surface area contributed by atoms with Gasteiger partial charge >= 0.3 is 0 Å². The molecule has 2 rings (SSSR count). The fraction of sp³-hybridized carbons (Fsp3) is 0.455. The molecule has 1 saturated heterocycles. The molecule has 21 heavy (non-hydrogen) atoms. The maximum Gasteiger partial charge on any atom is 0.246 e. The molecule has 1 fully saturated rings. The van der Waals surface area contributed by atoms with Crippen molar-refractivity contribution < 1.29 is 16.8 Å². The molecule has 0 aromatic heterocycles. The Balaban J connectivity index is 2.51. The lowest BCUT2D eigenvalue weighted by Crippen LogP contribution is -2.49. The van der Waals surface area contributed by atoms with Crippen LogP contribution in [0.2, 0.25) is 5.02 Å². The van der Waals surface area contributed by atoms with Crippen molar-refractivity contribution in [2.75, 3.05) is 30.0 Å². The maximum atomic E-state index is 12.7. The van der Waals surface area contributed by atoms with Crippen LogP contribution in [-0.2, 0) is 19.9 Å². The highest BCUT2D eigenvalue weighted by Gasteiger charge is 2.40. The van der Waals surface area contributed by atoms with Crippen LogP contribution in [0, 0.1) is 0 Å². The van der Waals surface area contributed by atoms with Crippen LogP contribution in [0.4, 0.5) is 5.69 Å². The third-order valence-electron chi connectivity index (χ3n) is 3.09. The number of nitrogens with zero attached hydrogens (tertiary/aromatic N) is 1. The Kier molecular flexibility index (Phi) is 4.79. The number of thioether (sulfide) groups is 1. The molecular weight excluding hydrogens is 356 g/mol. The SMILES string of the molecule is CS(=O)(=O)C1CSCCN1S(=O)(=O)c1ccc(Cl)cc1N. The zero-order valence-corrected chi connectivity index (χ0v) is 14.4. The van der Waals surface area contributed by atoms with Crippen molar-refractivity contribution in [3.05, 3.63) is 23.2 Å². The Morgan fingerprint density at radius 2 is 2.00 bits per heavy atom. The molecule has 1 aromatic carbocycles. The van der Waals surface area contributed by atoms with Gasteiger partial charge in [0.25, 0.3) is 0 Å². The number of sulfone groups is 1. The van der Waals surface area contributed by atoms with Gasteiger partial charge in [0.1, 0.15) is 10.3 Å². The lowest BCUT2D eigenvalue weighted by atomic mass is 10.3. The van der Waals surface area contributed by atoms with Crippen LogP contribution in [0.15, 0.2) is 23.1 Å². The first-order valence-electron chi connectivity index (χ1n) is 5.97. The first-order chi connectivity index (χ1) is 9.64. The van der Waals surface area contributed by atoms with E-state index in [0.29, 0.717) is 10.8 Å². The summed E-state index contributed by atoms with van der Waals surface area (Å²) in [6.07, 6.45) is 1.04.